The molecule has 0 bridgehead atoms. The van der Waals surface area contributed by atoms with E-state index in [2.05, 4.69) is 0 Å². The number of methoxy groups -OCH3 is 1. The van der Waals surface area contributed by atoms with Gasteiger partial charge in [0.25, 0.3) is 0 Å². The van der Waals surface area contributed by atoms with Gasteiger partial charge in [-0.3, -0.25) is 9.47 Å². The summed E-state index contributed by atoms with van der Waals surface area (Å²) in [6.45, 7) is 7.40. The fourth-order valence-electron chi connectivity index (χ4n) is 4.31. The van der Waals surface area contributed by atoms with Crippen molar-refractivity contribution in [2.75, 3.05) is 26.7 Å². The van der Waals surface area contributed by atoms with Gasteiger partial charge in [-0.15, -0.1) is 0 Å². The summed E-state index contributed by atoms with van der Waals surface area (Å²) in [7, 11) is 1.61. The van der Waals surface area contributed by atoms with Crippen molar-refractivity contribution in [3.05, 3.63) is 29.5 Å². The molecule has 0 aliphatic carbocycles. The zero-order valence-corrected chi connectivity index (χ0v) is 18.8. The van der Waals surface area contributed by atoms with Crippen LogP contribution in [0.3, 0.4) is 0 Å². The van der Waals surface area contributed by atoms with Crippen molar-refractivity contribution in [3.8, 4) is 5.75 Å². The third kappa shape index (κ3) is 5.73. The van der Waals surface area contributed by atoms with Crippen molar-refractivity contribution in [2.45, 2.75) is 58.7 Å². The Hall–Kier alpha value is -2.22. The van der Waals surface area contributed by atoms with Gasteiger partial charge in [-0.1, -0.05) is 0 Å². The van der Waals surface area contributed by atoms with Crippen LogP contribution in [0.4, 0.5) is 18.0 Å². The Labute approximate surface area is 181 Å². The molecule has 0 atom stereocenters. The Morgan fingerprint density at radius 1 is 1.19 bits per heavy atom. The minimum Gasteiger partial charge on any atom is -0.496 e. The molecule has 0 N–H and O–H groups in total. The molecule has 2 aromatic rings. The molecular formula is C23H31F3N2O3. The molecule has 1 aromatic heterocycles. The van der Waals surface area contributed by atoms with Gasteiger partial charge < -0.3 is 9.47 Å². The first-order chi connectivity index (χ1) is 14.4. The van der Waals surface area contributed by atoms with Crippen LogP contribution in [0.2, 0.25) is 0 Å². The molecule has 0 unspecified atom stereocenters. The Bertz CT molecular complexity index is 936. The lowest BCUT2D eigenvalue weighted by Crippen LogP contribution is -2.40. The first kappa shape index (κ1) is 23.4. The van der Waals surface area contributed by atoms with Crippen LogP contribution in [0.5, 0.6) is 5.75 Å². The van der Waals surface area contributed by atoms with Crippen LogP contribution in [0.25, 0.3) is 10.9 Å². The number of piperidine rings is 1. The minimum absolute atomic E-state index is 0.258. The number of benzene rings is 1. The Morgan fingerprint density at radius 2 is 1.84 bits per heavy atom. The van der Waals surface area contributed by atoms with E-state index in [9.17, 15) is 18.0 Å². The second-order valence-corrected chi connectivity index (χ2v) is 9.34. The molecule has 8 heteroatoms. The first-order valence-electron chi connectivity index (χ1n) is 10.6. The summed E-state index contributed by atoms with van der Waals surface area (Å²) < 4.78 is 50.7. The molecule has 1 saturated heterocycles. The Balaban J connectivity index is 1.85. The van der Waals surface area contributed by atoms with E-state index < -0.39 is 24.4 Å². The van der Waals surface area contributed by atoms with E-state index in [1.54, 1.807) is 13.3 Å². The number of ether oxygens (including phenoxy) is 2. The van der Waals surface area contributed by atoms with Crippen molar-refractivity contribution in [2.24, 2.45) is 5.92 Å². The van der Waals surface area contributed by atoms with Crippen LogP contribution in [0.1, 0.15) is 44.7 Å². The SMILES string of the molecule is COc1cc(C)c2c(ccn2C(=O)OC(C)(C)C)c1CC1CCN(CC(F)(F)F)CC1. The number of halogens is 3. The third-order valence-corrected chi connectivity index (χ3v) is 5.64. The molecule has 3 rings (SSSR count). The molecule has 0 spiro atoms. The van der Waals surface area contributed by atoms with Crippen LogP contribution >= 0.6 is 0 Å². The minimum atomic E-state index is -4.16. The molecule has 1 aliphatic heterocycles. The number of aryl methyl sites for hydroxylation is 1. The predicted octanol–water partition coefficient (Wildman–Crippen LogP) is 5.56. The highest BCUT2D eigenvalue weighted by Crippen LogP contribution is 2.36. The number of alkyl halides is 3. The fourth-order valence-corrected chi connectivity index (χ4v) is 4.31. The van der Waals surface area contributed by atoms with E-state index in [1.165, 1.54) is 9.47 Å². The number of rotatable bonds is 4. The van der Waals surface area contributed by atoms with E-state index in [1.807, 2.05) is 39.8 Å². The molecular weight excluding hydrogens is 409 g/mol. The van der Waals surface area contributed by atoms with Crippen molar-refractivity contribution >= 4 is 17.0 Å². The topological polar surface area (TPSA) is 43.7 Å². The summed E-state index contributed by atoms with van der Waals surface area (Å²) in [5.74, 6) is 0.999. The number of fused-ring (bicyclic) bond motifs is 1. The quantitative estimate of drug-likeness (QED) is 0.625. The molecule has 1 aromatic carbocycles. The normalized spacial score (nSPS) is 16.6. The average Bonchev–Trinajstić information content (AvgIpc) is 3.08. The molecule has 5 nitrogen and oxygen atoms in total. The van der Waals surface area contributed by atoms with Gasteiger partial charge >= 0.3 is 12.3 Å². The predicted molar refractivity (Wildman–Crippen MR) is 114 cm³/mol. The van der Waals surface area contributed by atoms with Crippen molar-refractivity contribution in [1.82, 2.24) is 9.47 Å². The monoisotopic (exact) mass is 440 g/mol. The fraction of sp³-hybridized carbons (Fsp3) is 0.609. The van der Waals surface area contributed by atoms with E-state index in [4.69, 9.17) is 9.47 Å². The van der Waals surface area contributed by atoms with E-state index >= 15 is 0 Å². The van der Waals surface area contributed by atoms with Gasteiger partial charge in [-0.2, -0.15) is 13.2 Å². The number of nitrogens with zero attached hydrogens (tertiary/aromatic N) is 2. The standard InChI is InChI=1S/C23H31F3N2O3/c1-15-12-19(30-5)18(13-16-6-9-27(10-7-16)14-23(24,25)26)17-8-11-28(20(15)17)21(29)31-22(2,3)4/h8,11-12,16H,6-7,9-10,13-14H2,1-5H3. The second kappa shape index (κ2) is 8.73. The van der Waals surface area contributed by atoms with Crippen LogP contribution in [-0.4, -0.2) is 54.1 Å². The maximum atomic E-state index is 12.7. The summed E-state index contributed by atoms with van der Waals surface area (Å²) in [4.78, 5) is 14.2. The Kier molecular flexibility index (Phi) is 6.60. The lowest BCUT2D eigenvalue weighted by atomic mass is 9.88. The zero-order valence-electron chi connectivity index (χ0n) is 18.8. The summed E-state index contributed by atoms with van der Waals surface area (Å²) >= 11 is 0. The Morgan fingerprint density at radius 3 is 2.39 bits per heavy atom. The number of hydrogen-bond acceptors (Lipinski definition) is 4. The lowest BCUT2D eigenvalue weighted by Gasteiger charge is -2.32. The number of carbonyl (C=O) groups is 1. The number of likely N-dealkylation sites (tertiary alicyclic amines) is 1. The van der Waals surface area contributed by atoms with E-state index in [0.29, 0.717) is 32.4 Å². The van der Waals surface area contributed by atoms with Crippen LogP contribution in [0, 0.1) is 12.8 Å². The largest absolute Gasteiger partial charge is 0.496 e. The van der Waals surface area contributed by atoms with Gasteiger partial charge in [0.15, 0.2) is 0 Å². The van der Waals surface area contributed by atoms with Gasteiger partial charge in [0.05, 0.1) is 19.2 Å². The van der Waals surface area contributed by atoms with Crippen LogP contribution in [0.15, 0.2) is 18.3 Å². The molecule has 1 fully saturated rings. The highest BCUT2D eigenvalue weighted by atomic mass is 19.4. The van der Waals surface area contributed by atoms with Crippen molar-refractivity contribution in [1.29, 1.82) is 0 Å². The lowest BCUT2D eigenvalue weighted by molar-refractivity contribution is -0.148. The van der Waals surface area contributed by atoms with Gasteiger partial charge in [0, 0.05) is 17.1 Å². The van der Waals surface area contributed by atoms with Gasteiger partial charge in [0.1, 0.15) is 11.4 Å². The number of aromatic nitrogens is 1. The second-order valence-electron chi connectivity index (χ2n) is 9.34. The summed E-state index contributed by atoms with van der Waals surface area (Å²) in [6.07, 6.45) is -0.812. The highest BCUT2D eigenvalue weighted by Gasteiger charge is 2.33. The van der Waals surface area contributed by atoms with Gasteiger partial charge in [0.2, 0.25) is 0 Å². The van der Waals surface area contributed by atoms with Crippen molar-refractivity contribution in [3.63, 3.8) is 0 Å². The molecule has 172 valence electrons. The molecule has 31 heavy (non-hydrogen) atoms. The van der Waals surface area contributed by atoms with Crippen LogP contribution in [-0.2, 0) is 11.2 Å². The average molecular weight is 441 g/mol. The molecule has 2 heterocycles. The highest BCUT2D eigenvalue weighted by molar-refractivity contribution is 5.95. The van der Waals surface area contributed by atoms with Crippen LogP contribution < -0.4 is 4.74 Å². The summed E-state index contributed by atoms with van der Waals surface area (Å²) in [5.41, 5.74) is 2.05. The first-order valence-corrected chi connectivity index (χ1v) is 10.6. The smallest absolute Gasteiger partial charge is 0.419 e. The molecule has 0 saturated carbocycles. The maximum absolute atomic E-state index is 12.7. The molecule has 0 radical (unpaired) electrons. The zero-order chi connectivity index (χ0) is 23.0. The maximum Gasteiger partial charge on any atom is 0.419 e. The van der Waals surface area contributed by atoms with Crippen molar-refractivity contribution < 1.29 is 27.4 Å². The van der Waals surface area contributed by atoms with E-state index in [0.717, 1.165) is 27.8 Å². The van der Waals surface area contributed by atoms with Gasteiger partial charge in [-0.05, 0) is 83.7 Å². The molecule has 0 amide bonds. The summed E-state index contributed by atoms with van der Waals surface area (Å²) in [6, 6.07) is 3.81. The summed E-state index contributed by atoms with van der Waals surface area (Å²) in [5, 5.41) is 0.917. The third-order valence-electron chi connectivity index (χ3n) is 5.64. The van der Waals surface area contributed by atoms with Gasteiger partial charge in [-0.25, -0.2) is 4.79 Å². The molecule has 1 aliphatic rings. The number of hydrogen-bond donors (Lipinski definition) is 0. The van der Waals surface area contributed by atoms with E-state index in [-0.39, 0.29) is 5.92 Å². The number of carbonyl (C=O) groups excluding carboxylic acids is 1.